The summed E-state index contributed by atoms with van der Waals surface area (Å²) in [4.78, 5) is 0. The van der Waals surface area contributed by atoms with Crippen LogP contribution in [0.1, 0.15) is 11.4 Å². The minimum atomic E-state index is 0.322. The van der Waals surface area contributed by atoms with Crippen LogP contribution in [-0.4, -0.2) is 4.57 Å². The number of allylic oxidation sites excluding steroid dienone is 1. The van der Waals surface area contributed by atoms with Crippen LogP contribution in [0.2, 0.25) is 0 Å². The molecule has 12 heavy (non-hydrogen) atoms. The maximum atomic E-state index is 5.51. The highest BCUT2D eigenvalue weighted by atomic mass is 35.5. The molecule has 0 saturated carbocycles. The fourth-order valence-electron chi connectivity index (χ4n) is 1.15. The summed E-state index contributed by atoms with van der Waals surface area (Å²) < 4.78 is 2.47. The van der Waals surface area contributed by atoms with Crippen LogP contribution in [0.4, 0.5) is 0 Å². The molecule has 0 aliphatic rings. The third-order valence-electron chi connectivity index (χ3n) is 1.85. The summed E-state index contributed by atoms with van der Waals surface area (Å²) in [6, 6.07) is 4.15. The van der Waals surface area contributed by atoms with E-state index in [2.05, 4.69) is 30.5 Å². The van der Waals surface area contributed by atoms with Crippen molar-refractivity contribution in [3.8, 4) is 0 Å². The first-order valence-electron chi connectivity index (χ1n) is 3.75. The molecule has 0 aliphatic carbocycles. The molecule has 0 aromatic carbocycles. The van der Waals surface area contributed by atoms with Crippen molar-refractivity contribution >= 4 is 23.2 Å². The average molecular weight is 204 g/mol. The molecule has 0 amide bonds. The zero-order valence-electron chi connectivity index (χ0n) is 7.14. The summed E-state index contributed by atoms with van der Waals surface area (Å²) >= 11 is 11.0. The Balaban J connectivity index is 2.81. The maximum absolute atomic E-state index is 5.51. The summed E-state index contributed by atoms with van der Waals surface area (Å²) in [5.74, 6) is 0. The summed E-state index contributed by atoms with van der Waals surface area (Å²) in [6.45, 7) is 4.86. The standard InChI is InChI=1S/C9H11Cl2N/c1-7-3-4-8(2)12(7)6-5-9(10)11/h3-5H,6H2,1-2H3. The average Bonchev–Trinajstić information content (AvgIpc) is 2.28. The molecule has 0 saturated heterocycles. The van der Waals surface area contributed by atoms with Crippen LogP contribution in [0.5, 0.6) is 0 Å². The first kappa shape index (κ1) is 9.69. The van der Waals surface area contributed by atoms with Gasteiger partial charge in [-0.15, -0.1) is 0 Å². The van der Waals surface area contributed by atoms with E-state index < -0.39 is 0 Å². The molecule has 1 heterocycles. The number of aromatic nitrogens is 1. The lowest BCUT2D eigenvalue weighted by Gasteiger charge is -2.04. The van der Waals surface area contributed by atoms with E-state index in [1.54, 1.807) is 6.08 Å². The van der Waals surface area contributed by atoms with Crippen molar-refractivity contribution in [2.24, 2.45) is 0 Å². The monoisotopic (exact) mass is 203 g/mol. The second-order valence-corrected chi connectivity index (χ2v) is 3.73. The molecule has 0 spiro atoms. The molecule has 0 fully saturated rings. The second-order valence-electron chi connectivity index (χ2n) is 2.72. The molecular weight excluding hydrogens is 193 g/mol. The van der Waals surface area contributed by atoms with E-state index in [0.717, 1.165) is 6.54 Å². The van der Waals surface area contributed by atoms with Crippen LogP contribution in [0, 0.1) is 13.8 Å². The number of rotatable bonds is 2. The summed E-state index contributed by atoms with van der Waals surface area (Å²) in [7, 11) is 0. The highest BCUT2D eigenvalue weighted by molar-refractivity contribution is 6.55. The quantitative estimate of drug-likeness (QED) is 0.695. The third kappa shape index (κ3) is 2.29. The van der Waals surface area contributed by atoms with Gasteiger partial charge in [0.05, 0.1) is 0 Å². The molecule has 0 radical (unpaired) electrons. The predicted octanol–water partition coefficient (Wildman–Crippen LogP) is 3.42. The minimum Gasteiger partial charge on any atom is -0.345 e. The molecule has 3 heteroatoms. The van der Waals surface area contributed by atoms with Crippen molar-refractivity contribution in [1.29, 1.82) is 0 Å². The number of aryl methyl sites for hydroxylation is 2. The molecule has 1 rings (SSSR count). The van der Waals surface area contributed by atoms with Gasteiger partial charge in [0, 0.05) is 17.9 Å². The molecule has 0 unspecified atom stereocenters. The van der Waals surface area contributed by atoms with Crippen LogP contribution in [0.3, 0.4) is 0 Å². The van der Waals surface area contributed by atoms with E-state index in [4.69, 9.17) is 23.2 Å². The number of hydrogen-bond donors (Lipinski definition) is 0. The summed E-state index contributed by atoms with van der Waals surface area (Å²) in [5, 5.41) is 0. The van der Waals surface area contributed by atoms with E-state index in [1.807, 2.05) is 0 Å². The molecule has 0 N–H and O–H groups in total. The Bertz CT molecular complexity index is 276. The normalized spacial score (nSPS) is 10.0. The van der Waals surface area contributed by atoms with Gasteiger partial charge in [-0.1, -0.05) is 23.2 Å². The lowest BCUT2D eigenvalue weighted by molar-refractivity contribution is 0.768. The Hall–Kier alpha value is -0.400. The van der Waals surface area contributed by atoms with Gasteiger partial charge in [0.25, 0.3) is 0 Å². The van der Waals surface area contributed by atoms with Gasteiger partial charge in [-0.25, -0.2) is 0 Å². The highest BCUT2D eigenvalue weighted by Gasteiger charge is 1.97. The second kappa shape index (κ2) is 4.01. The Morgan fingerprint density at radius 1 is 1.33 bits per heavy atom. The first-order chi connectivity index (χ1) is 5.61. The molecule has 0 atom stereocenters. The summed E-state index contributed by atoms with van der Waals surface area (Å²) in [5.41, 5.74) is 2.44. The Morgan fingerprint density at radius 3 is 2.25 bits per heavy atom. The van der Waals surface area contributed by atoms with Crippen LogP contribution in [0.15, 0.2) is 22.7 Å². The fraction of sp³-hybridized carbons (Fsp3) is 0.333. The predicted molar refractivity (Wildman–Crippen MR) is 53.7 cm³/mol. The van der Waals surface area contributed by atoms with Crippen molar-refractivity contribution in [3.63, 3.8) is 0 Å². The number of nitrogens with zero attached hydrogens (tertiary/aromatic N) is 1. The first-order valence-corrected chi connectivity index (χ1v) is 4.50. The van der Waals surface area contributed by atoms with Crippen molar-refractivity contribution in [1.82, 2.24) is 4.57 Å². The Morgan fingerprint density at radius 2 is 1.83 bits per heavy atom. The van der Waals surface area contributed by atoms with Gasteiger partial charge in [0.1, 0.15) is 4.49 Å². The van der Waals surface area contributed by atoms with Crippen molar-refractivity contribution in [2.75, 3.05) is 0 Å². The van der Waals surface area contributed by atoms with Gasteiger partial charge in [-0.2, -0.15) is 0 Å². The van der Waals surface area contributed by atoms with E-state index >= 15 is 0 Å². The van der Waals surface area contributed by atoms with E-state index in [0.29, 0.717) is 4.49 Å². The van der Waals surface area contributed by atoms with Crippen molar-refractivity contribution in [3.05, 3.63) is 34.1 Å². The molecule has 1 nitrogen and oxygen atoms in total. The van der Waals surface area contributed by atoms with Gasteiger partial charge < -0.3 is 4.57 Å². The van der Waals surface area contributed by atoms with Gasteiger partial charge in [-0.3, -0.25) is 0 Å². The number of hydrogen-bond acceptors (Lipinski definition) is 0. The number of halogens is 2. The lowest BCUT2D eigenvalue weighted by atomic mass is 10.5. The van der Waals surface area contributed by atoms with Crippen LogP contribution < -0.4 is 0 Å². The van der Waals surface area contributed by atoms with Crippen LogP contribution in [-0.2, 0) is 6.54 Å². The van der Waals surface area contributed by atoms with Crippen LogP contribution in [0.25, 0.3) is 0 Å². The Labute approximate surface area is 82.6 Å². The van der Waals surface area contributed by atoms with Gasteiger partial charge in [-0.05, 0) is 32.1 Å². The third-order valence-corrected chi connectivity index (χ3v) is 2.15. The van der Waals surface area contributed by atoms with Gasteiger partial charge in [0.2, 0.25) is 0 Å². The molecule has 0 aliphatic heterocycles. The SMILES string of the molecule is Cc1ccc(C)n1CC=C(Cl)Cl. The molecule has 1 aromatic heterocycles. The minimum absolute atomic E-state index is 0.322. The molecule has 0 bridgehead atoms. The zero-order valence-corrected chi connectivity index (χ0v) is 8.65. The van der Waals surface area contributed by atoms with E-state index in [1.165, 1.54) is 11.4 Å². The zero-order chi connectivity index (χ0) is 9.14. The smallest absolute Gasteiger partial charge is 0.104 e. The highest BCUT2D eigenvalue weighted by Crippen LogP contribution is 2.10. The molecule has 66 valence electrons. The topological polar surface area (TPSA) is 4.93 Å². The maximum Gasteiger partial charge on any atom is 0.104 e. The van der Waals surface area contributed by atoms with E-state index in [-0.39, 0.29) is 0 Å². The Kier molecular flexibility index (Phi) is 3.24. The summed E-state index contributed by atoms with van der Waals surface area (Å²) in [6.07, 6.45) is 1.78. The molecular formula is C9H11Cl2N. The van der Waals surface area contributed by atoms with Crippen LogP contribution >= 0.6 is 23.2 Å². The molecule has 1 aromatic rings. The van der Waals surface area contributed by atoms with Crippen molar-refractivity contribution < 1.29 is 0 Å². The largest absolute Gasteiger partial charge is 0.345 e. The van der Waals surface area contributed by atoms with E-state index in [9.17, 15) is 0 Å². The van der Waals surface area contributed by atoms with Gasteiger partial charge >= 0.3 is 0 Å². The van der Waals surface area contributed by atoms with Gasteiger partial charge in [0.15, 0.2) is 0 Å². The van der Waals surface area contributed by atoms with Crippen molar-refractivity contribution in [2.45, 2.75) is 20.4 Å². The lowest BCUT2D eigenvalue weighted by Crippen LogP contribution is -1.99. The fourth-order valence-corrected chi connectivity index (χ4v) is 1.29.